The number of nitro groups is 1. The Morgan fingerprint density at radius 2 is 2.00 bits per heavy atom. The molecule has 2 aromatic rings. The van der Waals surface area contributed by atoms with Crippen LogP contribution in [-0.2, 0) is 0 Å². The summed E-state index contributed by atoms with van der Waals surface area (Å²) >= 11 is 3.29. The summed E-state index contributed by atoms with van der Waals surface area (Å²) in [5, 5.41) is 15.0. The molecule has 0 bridgehead atoms. The van der Waals surface area contributed by atoms with E-state index in [1.807, 2.05) is 6.07 Å². The van der Waals surface area contributed by atoms with Crippen molar-refractivity contribution in [1.29, 1.82) is 0 Å². The van der Waals surface area contributed by atoms with Crippen LogP contribution in [0.5, 0.6) is 5.75 Å². The van der Waals surface area contributed by atoms with Gasteiger partial charge >= 0.3 is 5.69 Å². The largest absolute Gasteiger partial charge is 0.490 e. The Labute approximate surface area is 146 Å². The third kappa shape index (κ3) is 4.17. The van der Waals surface area contributed by atoms with Crippen molar-refractivity contribution < 1.29 is 14.5 Å². The molecule has 0 aliphatic heterocycles. The summed E-state index contributed by atoms with van der Waals surface area (Å²) in [6.07, 6.45) is 0. The van der Waals surface area contributed by atoms with E-state index >= 15 is 0 Å². The minimum Gasteiger partial charge on any atom is -0.490 e. The molecule has 0 aliphatic carbocycles. The summed E-state index contributed by atoms with van der Waals surface area (Å²) in [6.45, 7) is 1.65. The van der Waals surface area contributed by atoms with E-state index in [1.165, 1.54) is 19.2 Å². The average Bonchev–Trinajstić information content (AvgIpc) is 2.58. The predicted molar refractivity (Wildman–Crippen MR) is 93.5 cm³/mol. The normalized spacial score (nSPS) is 11.0. The zero-order valence-electron chi connectivity index (χ0n) is 12.9. The van der Waals surface area contributed by atoms with Gasteiger partial charge in [0.25, 0.3) is 5.91 Å². The highest BCUT2D eigenvalue weighted by Crippen LogP contribution is 2.27. The van der Waals surface area contributed by atoms with Gasteiger partial charge in [-0.25, -0.2) is 5.43 Å². The Bertz CT molecular complexity index is 821. The molecule has 0 spiro atoms. The topological polar surface area (TPSA) is 93.8 Å². The molecule has 0 fully saturated rings. The second-order valence-electron chi connectivity index (χ2n) is 4.79. The van der Waals surface area contributed by atoms with Crippen LogP contribution in [0.4, 0.5) is 5.69 Å². The number of nitro benzene ring substituents is 1. The van der Waals surface area contributed by atoms with Crippen molar-refractivity contribution in [1.82, 2.24) is 5.43 Å². The Kier molecular flexibility index (Phi) is 5.64. The smallest absolute Gasteiger partial charge is 0.311 e. The number of hydrazone groups is 1. The van der Waals surface area contributed by atoms with Crippen LogP contribution in [-0.4, -0.2) is 23.7 Å². The predicted octanol–water partition coefficient (Wildman–Crippen LogP) is 3.52. The van der Waals surface area contributed by atoms with Crippen molar-refractivity contribution in [2.75, 3.05) is 7.11 Å². The van der Waals surface area contributed by atoms with Crippen molar-refractivity contribution >= 4 is 33.2 Å². The molecule has 0 atom stereocenters. The molecule has 0 aromatic heterocycles. The van der Waals surface area contributed by atoms with Crippen LogP contribution < -0.4 is 10.2 Å². The Hall–Kier alpha value is -2.74. The van der Waals surface area contributed by atoms with E-state index in [-0.39, 0.29) is 17.3 Å². The fourth-order valence-electron chi connectivity index (χ4n) is 1.95. The lowest BCUT2D eigenvalue weighted by Crippen LogP contribution is -2.19. The SMILES string of the molecule is COc1ccc(C(C)=NNC(=O)c2cccc(Br)c2)cc1[N+](=O)[O-]. The maximum absolute atomic E-state index is 12.0. The van der Waals surface area contributed by atoms with Crippen molar-refractivity contribution in [2.24, 2.45) is 5.10 Å². The monoisotopic (exact) mass is 391 g/mol. The molecular formula is C16H14BrN3O4. The molecule has 2 rings (SSSR count). The molecule has 0 aliphatic rings. The molecule has 0 saturated heterocycles. The fourth-order valence-corrected chi connectivity index (χ4v) is 2.35. The molecule has 124 valence electrons. The van der Waals surface area contributed by atoms with Crippen LogP contribution in [0.3, 0.4) is 0 Å². The van der Waals surface area contributed by atoms with Gasteiger partial charge < -0.3 is 4.74 Å². The first-order chi connectivity index (χ1) is 11.4. The highest BCUT2D eigenvalue weighted by Gasteiger charge is 2.16. The van der Waals surface area contributed by atoms with Crippen LogP contribution in [0, 0.1) is 10.1 Å². The second kappa shape index (κ2) is 7.69. The van der Waals surface area contributed by atoms with E-state index in [2.05, 4.69) is 26.5 Å². The molecule has 0 unspecified atom stereocenters. The van der Waals surface area contributed by atoms with Gasteiger partial charge in [-0.15, -0.1) is 0 Å². The van der Waals surface area contributed by atoms with Gasteiger partial charge in [0.1, 0.15) is 0 Å². The second-order valence-corrected chi connectivity index (χ2v) is 5.71. The number of halogens is 1. The molecule has 8 heteroatoms. The quantitative estimate of drug-likeness (QED) is 0.479. The maximum atomic E-state index is 12.0. The molecule has 1 amide bonds. The molecule has 0 radical (unpaired) electrons. The highest BCUT2D eigenvalue weighted by atomic mass is 79.9. The third-order valence-electron chi connectivity index (χ3n) is 3.21. The van der Waals surface area contributed by atoms with E-state index in [0.29, 0.717) is 16.8 Å². The van der Waals surface area contributed by atoms with Crippen LogP contribution in [0.1, 0.15) is 22.8 Å². The number of benzene rings is 2. The van der Waals surface area contributed by atoms with Gasteiger partial charge in [0.15, 0.2) is 5.75 Å². The summed E-state index contributed by atoms with van der Waals surface area (Å²) in [6, 6.07) is 11.3. The number of amides is 1. The fraction of sp³-hybridized carbons (Fsp3) is 0.125. The lowest BCUT2D eigenvalue weighted by molar-refractivity contribution is -0.385. The molecule has 2 aromatic carbocycles. The highest BCUT2D eigenvalue weighted by molar-refractivity contribution is 9.10. The number of nitrogens with zero attached hydrogens (tertiary/aromatic N) is 2. The van der Waals surface area contributed by atoms with Gasteiger partial charge in [0.05, 0.1) is 17.7 Å². The zero-order chi connectivity index (χ0) is 17.7. The Morgan fingerprint density at radius 1 is 1.25 bits per heavy atom. The molecule has 1 N–H and O–H groups in total. The van der Waals surface area contributed by atoms with Crippen molar-refractivity contribution in [3.8, 4) is 5.75 Å². The van der Waals surface area contributed by atoms with Gasteiger partial charge in [-0.3, -0.25) is 14.9 Å². The number of ether oxygens (including phenoxy) is 1. The molecule has 24 heavy (non-hydrogen) atoms. The molecule has 0 saturated carbocycles. The first-order valence-corrected chi connectivity index (χ1v) is 7.64. The van der Waals surface area contributed by atoms with Crippen molar-refractivity contribution in [3.63, 3.8) is 0 Å². The maximum Gasteiger partial charge on any atom is 0.311 e. The van der Waals surface area contributed by atoms with Crippen molar-refractivity contribution in [2.45, 2.75) is 6.92 Å². The summed E-state index contributed by atoms with van der Waals surface area (Å²) in [5.41, 5.74) is 3.66. The average molecular weight is 392 g/mol. The summed E-state index contributed by atoms with van der Waals surface area (Å²) in [5.74, 6) is -0.214. The number of carbonyl (C=O) groups is 1. The number of rotatable bonds is 5. The number of methoxy groups -OCH3 is 1. The van der Waals surface area contributed by atoms with E-state index in [4.69, 9.17) is 4.74 Å². The summed E-state index contributed by atoms with van der Waals surface area (Å²) < 4.78 is 5.73. The number of hydrogen-bond acceptors (Lipinski definition) is 5. The Balaban J connectivity index is 2.20. The third-order valence-corrected chi connectivity index (χ3v) is 3.70. The molecular weight excluding hydrogens is 378 g/mol. The Morgan fingerprint density at radius 3 is 2.62 bits per heavy atom. The minimum atomic E-state index is -0.532. The first-order valence-electron chi connectivity index (χ1n) is 6.85. The van der Waals surface area contributed by atoms with E-state index in [1.54, 1.807) is 31.2 Å². The van der Waals surface area contributed by atoms with Crippen LogP contribution in [0.2, 0.25) is 0 Å². The number of carbonyl (C=O) groups excluding carboxylic acids is 1. The van der Waals surface area contributed by atoms with Gasteiger partial charge in [-0.1, -0.05) is 22.0 Å². The van der Waals surface area contributed by atoms with Gasteiger partial charge in [0.2, 0.25) is 0 Å². The van der Waals surface area contributed by atoms with Gasteiger partial charge in [-0.2, -0.15) is 5.10 Å². The lowest BCUT2D eigenvalue weighted by Gasteiger charge is -2.06. The number of hydrogen-bond donors (Lipinski definition) is 1. The first kappa shape index (κ1) is 17.6. The summed E-state index contributed by atoms with van der Waals surface area (Å²) in [7, 11) is 1.36. The number of nitrogens with one attached hydrogen (secondary N) is 1. The van der Waals surface area contributed by atoms with E-state index < -0.39 is 4.92 Å². The van der Waals surface area contributed by atoms with E-state index in [0.717, 1.165) is 4.47 Å². The van der Waals surface area contributed by atoms with Gasteiger partial charge in [0, 0.05) is 21.7 Å². The zero-order valence-corrected chi connectivity index (χ0v) is 14.5. The van der Waals surface area contributed by atoms with Crippen LogP contribution in [0.15, 0.2) is 52.0 Å². The van der Waals surface area contributed by atoms with Crippen LogP contribution >= 0.6 is 15.9 Å². The standard InChI is InChI=1S/C16H14BrN3O4/c1-10(11-6-7-15(24-2)14(9-11)20(22)23)18-19-16(21)12-4-3-5-13(17)8-12/h3-9H,1-2H3,(H,19,21). The van der Waals surface area contributed by atoms with Crippen molar-refractivity contribution in [3.05, 3.63) is 68.2 Å². The molecule has 7 nitrogen and oxygen atoms in total. The minimum absolute atomic E-state index is 0.162. The van der Waals surface area contributed by atoms with Gasteiger partial charge in [-0.05, 0) is 37.3 Å². The summed E-state index contributed by atoms with van der Waals surface area (Å²) in [4.78, 5) is 22.6. The lowest BCUT2D eigenvalue weighted by atomic mass is 10.1. The van der Waals surface area contributed by atoms with Crippen LogP contribution in [0.25, 0.3) is 0 Å². The van der Waals surface area contributed by atoms with E-state index in [9.17, 15) is 14.9 Å². The molecule has 0 heterocycles.